The van der Waals surface area contributed by atoms with Crippen molar-refractivity contribution in [2.24, 2.45) is 16.6 Å². The number of amides is 1. The third-order valence-corrected chi connectivity index (χ3v) is 3.05. The summed E-state index contributed by atoms with van der Waals surface area (Å²) in [5.74, 6) is 0.827. The molecule has 1 aliphatic carbocycles. The zero-order valence-electron chi connectivity index (χ0n) is 11.9. The average molecular weight is 382 g/mol. The number of guanidine groups is 1. The van der Waals surface area contributed by atoms with Crippen molar-refractivity contribution in [3.05, 3.63) is 0 Å². The molecule has 1 fully saturated rings. The molecular weight excluding hydrogens is 355 g/mol. The number of hydrogen-bond acceptors (Lipinski definition) is 2. The number of nitrogens with one attached hydrogen (secondary N) is 2. The van der Waals surface area contributed by atoms with Crippen LogP contribution in [0.4, 0.5) is 0 Å². The summed E-state index contributed by atoms with van der Waals surface area (Å²) in [6.45, 7) is 5.08. The first kappa shape index (κ1) is 18.5. The highest BCUT2D eigenvalue weighted by Gasteiger charge is 2.15. The highest BCUT2D eigenvalue weighted by Crippen LogP contribution is 2.17. The molecule has 112 valence electrons. The van der Waals surface area contributed by atoms with E-state index in [9.17, 15) is 4.79 Å². The fourth-order valence-corrected chi connectivity index (χ4v) is 2.04. The van der Waals surface area contributed by atoms with Crippen LogP contribution in [0.3, 0.4) is 0 Å². The van der Waals surface area contributed by atoms with Crippen molar-refractivity contribution < 1.29 is 4.79 Å². The molecule has 6 heteroatoms. The molecule has 0 spiro atoms. The summed E-state index contributed by atoms with van der Waals surface area (Å²) in [6, 6.07) is 0.339. The van der Waals surface area contributed by atoms with Gasteiger partial charge in [-0.3, -0.25) is 4.79 Å². The van der Waals surface area contributed by atoms with Crippen molar-refractivity contribution in [3.8, 4) is 0 Å². The van der Waals surface area contributed by atoms with Crippen LogP contribution in [0.5, 0.6) is 0 Å². The number of aliphatic imine (C=N–C) groups is 1. The molecular formula is C13H27IN4O. The molecule has 0 heterocycles. The van der Waals surface area contributed by atoms with Gasteiger partial charge in [0, 0.05) is 12.6 Å². The molecule has 0 aromatic heterocycles. The minimum absolute atomic E-state index is 0. The van der Waals surface area contributed by atoms with Gasteiger partial charge in [-0.15, -0.1) is 24.0 Å². The van der Waals surface area contributed by atoms with Crippen LogP contribution in [0.15, 0.2) is 4.99 Å². The lowest BCUT2D eigenvalue weighted by molar-refractivity contribution is -0.120. The Morgan fingerprint density at radius 3 is 2.53 bits per heavy atom. The van der Waals surface area contributed by atoms with E-state index in [0.29, 0.717) is 17.9 Å². The Morgan fingerprint density at radius 2 is 1.95 bits per heavy atom. The van der Waals surface area contributed by atoms with Crippen LogP contribution < -0.4 is 16.4 Å². The molecule has 0 atom stereocenters. The van der Waals surface area contributed by atoms with Gasteiger partial charge in [-0.2, -0.15) is 0 Å². The van der Waals surface area contributed by atoms with E-state index < -0.39 is 0 Å². The molecule has 1 saturated carbocycles. The van der Waals surface area contributed by atoms with Crippen molar-refractivity contribution in [3.63, 3.8) is 0 Å². The van der Waals surface area contributed by atoms with Crippen molar-refractivity contribution in [1.29, 1.82) is 0 Å². The van der Waals surface area contributed by atoms with Crippen LogP contribution in [0, 0.1) is 5.92 Å². The number of nitrogens with zero attached hydrogens (tertiary/aromatic N) is 1. The fraction of sp³-hybridized carbons (Fsp3) is 0.846. The first-order valence-electron chi connectivity index (χ1n) is 6.91. The van der Waals surface area contributed by atoms with E-state index in [1.807, 2.05) is 0 Å². The van der Waals surface area contributed by atoms with E-state index in [4.69, 9.17) is 5.73 Å². The van der Waals surface area contributed by atoms with Crippen LogP contribution in [-0.2, 0) is 4.79 Å². The number of rotatable bonds is 5. The van der Waals surface area contributed by atoms with Gasteiger partial charge in [-0.05, 0) is 18.8 Å². The first-order chi connectivity index (χ1) is 8.58. The minimum Gasteiger partial charge on any atom is -0.370 e. The summed E-state index contributed by atoms with van der Waals surface area (Å²) in [5.41, 5.74) is 5.66. The van der Waals surface area contributed by atoms with Crippen LogP contribution in [-0.4, -0.2) is 31.0 Å². The summed E-state index contributed by atoms with van der Waals surface area (Å²) in [7, 11) is 0. The van der Waals surface area contributed by atoms with Crippen molar-refractivity contribution in [2.75, 3.05) is 13.1 Å². The molecule has 1 amide bonds. The smallest absolute Gasteiger partial charge is 0.242 e. The Balaban J connectivity index is 0.00000324. The van der Waals surface area contributed by atoms with E-state index in [-0.39, 0.29) is 36.4 Å². The van der Waals surface area contributed by atoms with Gasteiger partial charge in [0.05, 0.1) is 0 Å². The van der Waals surface area contributed by atoms with Crippen molar-refractivity contribution in [1.82, 2.24) is 10.6 Å². The van der Waals surface area contributed by atoms with Gasteiger partial charge in [-0.1, -0.05) is 33.1 Å². The zero-order chi connectivity index (χ0) is 13.4. The van der Waals surface area contributed by atoms with Crippen molar-refractivity contribution >= 4 is 35.8 Å². The maximum Gasteiger partial charge on any atom is 0.242 e. The maximum absolute atomic E-state index is 11.7. The second kappa shape index (κ2) is 10.3. The van der Waals surface area contributed by atoms with Gasteiger partial charge in [0.15, 0.2) is 5.96 Å². The molecule has 1 rings (SSSR count). The highest BCUT2D eigenvalue weighted by molar-refractivity contribution is 14.0. The van der Waals surface area contributed by atoms with Crippen LogP contribution >= 0.6 is 24.0 Å². The molecule has 4 N–H and O–H groups in total. The largest absolute Gasteiger partial charge is 0.370 e. The predicted molar refractivity (Wildman–Crippen MR) is 89.8 cm³/mol. The summed E-state index contributed by atoms with van der Waals surface area (Å²) in [5, 5.41) is 6.00. The molecule has 0 aromatic rings. The molecule has 5 nitrogen and oxygen atoms in total. The van der Waals surface area contributed by atoms with Crippen LogP contribution in [0.25, 0.3) is 0 Å². The monoisotopic (exact) mass is 382 g/mol. The Hall–Kier alpha value is -0.530. The molecule has 0 radical (unpaired) electrons. The summed E-state index contributed by atoms with van der Waals surface area (Å²) >= 11 is 0. The minimum atomic E-state index is -0.0313. The van der Waals surface area contributed by atoms with E-state index in [2.05, 4.69) is 29.5 Å². The second-order valence-corrected chi connectivity index (χ2v) is 5.38. The van der Waals surface area contributed by atoms with Gasteiger partial charge in [0.2, 0.25) is 5.91 Å². The summed E-state index contributed by atoms with van der Waals surface area (Å²) in [4.78, 5) is 15.7. The van der Waals surface area contributed by atoms with Gasteiger partial charge in [-0.25, -0.2) is 4.99 Å². The Morgan fingerprint density at radius 1 is 1.32 bits per heavy atom. The fourth-order valence-electron chi connectivity index (χ4n) is 2.04. The number of carbonyl (C=O) groups is 1. The molecule has 0 unspecified atom stereocenters. The Kier molecular flexibility index (Phi) is 9.99. The molecule has 0 bridgehead atoms. The maximum atomic E-state index is 11.7. The Labute approximate surface area is 133 Å². The number of halogens is 1. The summed E-state index contributed by atoms with van der Waals surface area (Å²) < 4.78 is 0. The molecule has 0 aromatic carbocycles. The predicted octanol–water partition coefficient (Wildman–Crippen LogP) is 1.61. The number of nitrogens with two attached hydrogens (primary N) is 1. The lowest BCUT2D eigenvalue weighted by Gasteiger charge is -2.22. The number of carbonyl (C=O) groups excluding carboxylic acids is 1. The van der Waals surface area contributed by atoms with Gasteiger partial charge in [0.1, 0.15) is 6.54 Å². The highest BCUT2D eigenvalue weighted by atomic mass is 127. The normalized spacial score (nSPS) is 16.9. The lowest BCUT2D eigenvalue weighted by atomic mass is 9.95. The quantitative estimate of drug-likeness (QED) is 0.384. The van der Waals surface area contributed by atoms with Gasteiger partial charge < -0.3 is 16.4 Å². The molecule has 0 saturated heterocycles. The first-order valence-corrected chi connectivity index (χ1v) is 6.91. The lowest BCUT2D eigenvalue weighted by Crippen LogP contribution is -2.39. The second-order valence-electron chi connectivity index (χ2n) is 5.38. The third kappa shape index (κ3) is 9.07. The Bertz CT molecular complexity index is 288. The topological polar surface area (TPSA) is 79.5 Å². The van der Waals surface area contributed by atoms with Crippen molar-refractivity contribution in [2.45, 2.75) is 52.0 Å². The zero-order valence-corrected chi connectivity index (χ0v) is 14.3. The molecule has 0 aliphatic heterocycles. The molecule has 19 heavy (non-hydrogen) atoms. The van der Waals surface area contributed by atoms with E-state index in [1.54, 1.807) is 0 Å². The summed E-state index contributed by atoms with van der Waals surface area (Å²) in [6.07, 6.45) is 5.91. The molecule has 1 aliphatic rings. The van der Waals surface area contributed by atoms with E-state index >= 15 is 0 Å². The SMILES string of the molecule is CC(C)CNC(N)=NCC(=O)NC1CCCCC1.I. The number of hydrogen-bond donors (Lipinski definition) is 3. The average Bonchev–Trinajstić information content (AvgIpc) is 2.35. The van der Waals surface area contributed by atoms with Crippen LogP contribution in [0.2, 0.25) is 0 Å². The van der Waals surface area contributed by atoms with Crippen LogP contribution in [0.1, 0.15) is 46.0 Å². The third-order valence-electron chi connectivity index (χ3n) is 3.05. The van der Waals surface area contributed by atoms with E-state index in [1.165, 1.54) is 19.3 Å². The standard InChI is InChI=1S/C13H26N4O.HI/c1-10(2)8-15-13(14)16-9-12(18)17-11-6-4-3-5-7-11;/h10-11H,3-9H2,1-2H3,(H,17,18)(H3,14,15,16);1H. The van der Waals surface area contributed by atoms with Gasteiger partial charge in [0.25, 0.3) is 0 Å². The van der Waals surface area contributed by atoms with Gasteiger partial charge >= 0.3 is 0 Å². The van der Waals surface area contributed by atoms with E-state index in [0.717, 1.165) is 19.4 Å².